The zero-order valence-electron chi connectivity index (χ0n) is 18.1. The number of esters is 1. The number of hydrogen-bond donors (Lipinski definition) is 1. The van der Waals surface area contributed by atoms with E-state index in [1.54, 1.807) is 19.1 Å². The molecule has 1 saturated heterocycles. The van der Waals surface area contributed by atoms with Crippen LogP contribution in [0.1, 0.15) is 37.4 Å². The third-order valence-electron chi connectivity index (χ3n) is 6.00. The maximum atomic E-state index is 14.2. The normalized spacial score (nSPS) is 17.1. The molecule has 0 bridgehead atoms. The molecule has 2 atom stereocenters. The van der Waals surface area contributed by atoms with Gasteiger partial charge in [0, 0.05) is 36.4 Å². The van der Waals surface area contributed by atoms with E-state index in [0.29, 0.717) is 18.2 Å². The monoisotopic (exact) mass is 420 g/mol. The summed E-state index contributed by atoms with van der Waals surface area (Å²) in [5, 5.41) is 6.30. The van der Waals surface area contributed by atoms with Crippen molar-refractivity contribution >= 4 is 22.4 Å². The average Bonchev–Trinajstić information content (AvgIpc) is 3.23. The number of nitrogens with one attached hydrogen (secondary N) is 1. The Balaban J connectivity index is 1.43. The summed E-state index contributed by atoms with van der Waals surface area (Å²) in [5.74, 6) is -0.765. The Morgan fingerprint density at radius 1 is 1.19 bits per heavy atom. The van der Waals surface area contributed by atoms with Crippen LogP contribution in [0.25, 0.3) is 10.8 Å². The lowest BCUT2D eigenvalue weighted by Gasteiger charge is -2.23. The Hall–Kier alpha value is -2.92. The summed E-state index contributed by atoms with van der Waals surface area (Å²) in [6, 6.07) is 20.5. The van der Waals surface area contributed by atoms with Gasteiger partial charge in [0.1, 0.15) is 5.82 Å². The van der Waals surface area contributed by atoms with Gasteiger partial charge in [-0.3, -0.25) is 4.79 Å². The number of carbonyl (C=O) groups excluding carboxylic acids is 1. The van der Waals surface area contributed by atoms with Crippen molar-refractivity contribution in [2.24, 2.45) is 0 Å². The first-order valence-corrected chi connectivity index (χ1v) is 11.0. The summed E-state index contributed by atoms with van der Waals surface area (Å²) in [7, 11) is 0. The highest BCUT2D eigenvalue weighted by Crippen LogP contribution is 2.27. The van der Waals surface area contributed by atoms with E-state index < -0.39 is 5.97 Å². The molecular formula is C26H29FN2O2. The van der Waals surface area contributed by atoms with E-state index >= 15 is 0 Å². The molecule has 1 fully saturated rings. The molecule has 0 aromatic heterocycles. The second-order valence-electron chi connectivity index (χ2n) is 8.15. The first-order chi connectivity index (χ1) is 15.0. The first-order valence-electron chi connectivity index (χ1n) is 11.0. The van der Waals surface area contributed by atoms with Gasteiger partial charge in [0.15, 0.2) is 0 Å². The van der Waals surface area contributed by atoms with E-state index in [2.05, 4.69) is 59.6 Å². The predicted molar refractivity (Wildman–Crippen MR) is 123 cm³/mol. The van der Waals surface area contributed by atoms with Crippen molar-refractivity contribution in [1.29, 1.82) is 0 Å². The van der Waals surface area contributed by atoms with E-state index in [9.17, 15) is 9.18 Å². The largest absolute Gasteiger partial charge is 0.466 e. The number of benzene rings is 3. The molecule has 0 aliphatic carbocycles. The van der Waals surface area contributed by atoms with Gasteiger partial charge in [-0.2, -0.15) is 0 Å². The fraction of sp³-hybridized carbons (Fsp3) is 0.346. The summed E-state index contributed by atoms with van der Waals surface area (Å²) in [5.41, 5.74) is 2.63. The van der Waals surface area contributed by atoms with Crippen molar-refractivity contribution in [3.8, 4) is 0 Å². The van der Waals surface area contributed by atoms with Crippen molar-refractivity contribution in [1.82, 2.24) is 5.32 Å². The van der Waals surface area contributed by atoms with E-state index in [0.717, 1.165) is 25.2 Å². The second-order valence-corrected chi connectivity index (χ2v) is 8.15. The molecule has 5 heteroatoms. The van der Waals surface area contributed by atoms with Gasteiger partial charge in [0.2, 0.25) is 0 Å². The van der Waals surface area contributed by atoms with Gasteiger partial charge in [-0.1, -0.05) is 42.5 Å². The molecular weight excluding hydrogens is 391 g/mol. The molecule has 1 aliphatic heterocycles. The minimum absolute atomic E-state index is 0.0405. The zero-order valence-corrected chi connectivity index (χ0v) is 18.1. The molecule has 0 spiro atoms. The Kier molecular flexibility index (Phi) is 6.52. The third kappa shape index (κ3) is 4.88. The van der Waals surface area contributed by atoms with Crippen LogP contribution in [-0.2, 0) is 16.0 Å². The van der Waals surface area contributed by atoms with Crippen molar-refractivity contribution in [2.45, 2.75) is 38.8 Å². The maximum absolute atomic E-state index is 14.2. The Labute approximate surface area is 183 Å². The lowest BCUT2D eigenvalue weighted by Crippen LogP contribution is -2.34. The van der Waals surface area contributed by atoms with Gasteiger partial charge >= 0.3 is 5.97 Å². The molecule has 31 heavy (non-hydrogen) atoms. The number of rotatable bonds is 7. The summed E-state index contributed by atoms with van der Waals surface area (Å²) >= 11 is 0. The van der Waals surface area contributed by atoms with Gasteiger partial charge in [0.25, 0.3) is 0 Å². The van der Waals surface area contributed by atoms with Gasteiger partial charge in [-0.15, -0.1) is 0 Å². The summed E-state index contributed by atoms with van der Waals surface area (Å²) < 4.78 is 19.2. The van der Waals surface area contributed by atoms with Gasteiger partial charge in [-0.05, 0) is 54.8 Å². The van der Waals surface area contributed by atoms with Crippen LogP contribution in [0.5, 0.6) is 0 Å². The molecule has 4 rings (SSSR count). The molecule has 4 nitrogen and oxygen atoms in total. The number of halogens is 1. The van der Waals surface area contributed by atoms with Crippen LogP contribution in [-0.4, -0.2) is 31.7 Å². The molecule has 1 heterocycles. The standard InChI is InChI=1S/C26H29FN2O2/c1-3-31-26(30)16-20-15-22(11-12-25(20)27)29-14-13-21(17-29)28-18(2)23-10-6-8-19-7-4-5-9-24(19)23/h4-12,15,18,21,28H,3,13-14,16-17H2,1-2H3/t18-,21+/m1/s1. The SMILES string of the molecule is CCOC(=O)Cc1cc(N2CC[C@H](N[C@H](C)c3cccc4ccccc34)C2)ccc1F. The molecule has 1 N–H and O–H groups in total. The molecule has 0 radical (unpaired) electrons. The smallest absolute Gasteiger partial charge is 0.310 e. The zero-order chi connectivity index (χ0) is 21.8. The molecule has 0 saturated carbocycles. The van der Waals surface area contributed by atoms with Crippen LogP contribution in [0, 0.1) is 5.82 Å². The van der Waals surface area contributed by atoms with Gasteiger partial charge < -0.3 is 15.0 Å². The molecule has 3 aromatic carbocycles. The average molecular weight is 421 g/mol. The molecule has 0 amide bonds. The van der Waals surface area contributed by atoms with Crippen LogP contribution < -0.4 is 10.2 Å². The van der Waals surface area contributed by atoms with Crippen LogP contribution in [0.3, 0.4) is 0 Å². The molecule has 0 unspecified atom stereocenters. The highest BCUT2D eigenvalue weighted by molar-refractivity contribution is 5.86. The lowest BCUT2D eigenvalue weighted by molar-refractivity contribution is -0.142. The second kappa shape index (κ2) is 9.48. The van der Waals surface area contributed by atoms with E-state index in [1.807, 2.05) is 0 Å². The van der Waals surface area contributed by atoms with Crippen molar-refractivity contribution in [3.63, 3.8) is 0 Å². The summed E-state index contributed by atoms with van der Waals surface area (Å²) in [6.07, 6.45) is 0.973. The fourth-order valence-corrected chi connectivity index (χ4v) is 4.46. The van der Waals surface area contributed by atoms with Crippen molar-refractivity contribution in [3.05, 3.63) is 77.6 Å². The highest BCUT2D eigenvalue weighted by Gasteiger charge is 2.25. The maximum Gasteiger partial charge on any atom is 0.310 e. The van der Waals surface area contributed by atoms with E-state index in [1.165, 1.54) is 22.4 Å². The third-order valence-corrected chi connectivity index (χ3v) is 6.00. The highest BCUT2D eigenvalue weighted by atomic mass is 19.1. The number of ether oxygens (including phenoxy) is 1. The first kappa shape index (κ1) is 21.3. The number of nitrogens with zero attached hydrogens (tertiary/aromatic N) is 1. The topological polar surface area (TPSA) is 41.6 Å². The molecule has 1 aliphatic rings. The van der Waals surface area contributed by atoms with E-state index in [-0.39, 0.29) is 18.3 Å². The van der Waals surface area contributed by atoms with Crippen molar-refractivity contribution in [2.75, 3.05) is 24.6 Å². The molecule has 3 aromatic rings. The summed E-state index contributed by atoms with van der Waals surface area (Å²) in [6.45, 7) is 6.00. The van der Waals surface area contributed by atoms with Crippen LogP contribution in [0.4, 0.5) is 10.1 Å². The fourth-order valence-electron chi connectivity index (χ4n) is 4.46. The van der Waals surface area contributed by atoms with Crippen LogP contribution >= 0.6 is 0 Å². The lowest BCUT2D eigenvalue weighted by atomic mass is 9.99. The Morgan fingerprint density at radius 2 is 2.00 bits per heavy atom. The molecule has 162 valence electrons. The Morgan fingerprint density at radius 3 is 2.84 bits per heavy atom. The summed E-state index contributed by atoms with van der Waals surface area (Å²) in [4.78, 5) is 14.0. The van der Waals surface area contributed by atoms with E-state index in [4.69, 9.17) is 4.74 Å². The van der Waals surface area contributed by atoms with Gasteiger partial charge in [-0.25, -0.2) is 4.39 Å². The quantitative estimate of drug-likeness (QED) is 0.546. The van der Waals surface area contributed by atoms with Crippen LogP contribution in [0.15, 0.2) is 60.7 Å². The van der Waals surface area contributed by atoms with Crippen molar-refractivity contribution < 1.29 is 13.9 Å². The number of carbonyl (C=O) groups is 1. The van der Waals surface area contributed by atoms with Crippen LogP contribution in [0.2, 0.25) is 0 Å². The minimum Gasteiger partial charge on any atom is -0.466 e. The Bertz CT molecular complexity index is 1060. The number of anilines is 1. The number of fused-ring (bicyclic) bond motifs is 1. The predicted octanol–water partition coefficient (Wildman–Crippen LogP) is 5.01. The number of hydrogen-bond acceptors (Lipinski definition) is 4. The minimum atomic E-state index is -0.400. The van der Waals surface area contributed by atoms with Gasteiger partial charge in [0.05, 0.1) is 13.0 Å².